The van der Waals surface area contributed by atoms with E-state index in [0.717, 1.165) is 42.4 Å². The zero-order valence-corrected chi connectivity index (χ0v) is 18.2. The Labute approximate surface area is 183 Å². The highest BCUT2D eigenvalue weighted by molar-refractivity contribution is 6.05. The molecule has 166 valence electrons. The molecule has 1 aromatic carbocycles. The van der Waals surface area contributed by atoms with Crippen molar-refractivity contribution in [1.29, 1.82) is 0 Å². The molecule has 31 heavy (non-hydrogen) atoms. The summed E-state index contributed by atoms with van der Waals surface area (Å²) in [4.78, 5) is 26.5. The number of fused-ring (bicyclic) bond motifs is 3. The lowest BCUT2D eigenvalue weighted by Crippen LogP contribution is -2.34. The first-order valence-electron chi connectivity index (χ1n) is 11.2. The number of carbonyl (C=O) groups is 2. The first-order chi connectivity index (χ1) is 14.9. The van der Waals surface area contributed by atoms with Crippen LogP contribution in [0.4, 0.5) is 0 Å². The van der Waals surface area contributed by atoms with E-state index in [1.54, 1.807) is 19.2 Å². The van der Waals surface area contributed by atoms with E-state index >= 15 is 0 Å². The van der Waals surface area contributed by atoms with Crippen LogP contribution in [-0.4, -0.2) is 53.3 Å². The first-order valence-corrected chi connectivity index (χ1v) is 11.2. The van der Waals surface area contributed by atoms with E-state index in [1.165, 1.54) is 10.5 Å². The number of aliphatic hydroxyl groups is 1. The fourth-order valence-electron chi connectivity index (χ4n) is 5.49. The van der Waals surface area contributed by atoms with Crippen molar-refractivity contribution in [2.45, 2.75) is 45.1 Å². The number of allylic oxidation sites excluding steroid dienone is 1. The van der Waals surface area contributed by atoms with Gasteiger partial charge in [-0.1, -0.05) is 37.1 Å². The maximum absolute atomic E-state index is 12.7. The lowest BCUT2D eigenvalue weighted by atomic mass is 9.69. The highest BCUT2D eigenvalue weighted by Crippen LogP contribution is 2.49. The van der Waals surface area contributed by atoms with Gasteiger partial charge in [0.1, 0.15) is 5.75 Å². The summed E-state index contributed by atoms with van der Waals surface area (Å²) < 4.78 is 6.14. The fourth-order valence-corrected chi connectivity index (χ4v) is 5.49. The molecule has 2 heterocycles. The van der Waals surface area contributed by atoms with E-state index < -0.39 is 0 Å². The molecule has 2 N–H and O–H groups in total. The molecule has 0 bridgehead atoms. The van der Waals surface area contributed by atoms with Gasteiger partial charge in [-0.3, -0.25) is 14.5 Å². The normalized spacial score (nSPS) is 28.4. The monoisotopic (exact) mass is 425 g/mol. The minimum Gasteiger partial charge on any atom is -0.508 e. The van der Waals surface area contributed by atoms with Gasteiger partial charge in [0.05, 0.1) is 31.2 Å². The number of aliphatic hydroxyl groups excluding tert-OH is 1. The highest BCUT2D eigenvalue weighted by atomic mass is 16.5. The van der Waals surface area contributed by atoms with E-state index in [-0.39, 0.29) is 48.0 Å². The Bertz CT molecular complexity index is 916. The molecule has 6 nitrogen and oxygen atoms in total. The molecular formula is C25H31NO5. The zero-order chi connectivity index (χ0) is 22.1. The Morgan fingerprint density at radius 1 is 1.16 bits per heavy atom. The van der Waals surface area contributed by atoms with Crippen molar-refractivity contribution in [3.63, 3.8) is 0 Å². The molecule has 0 unspecified atom stereocenters. The minimum absolute atomic E-state index is 0.0920. The predicted octanol–water partition coefficient (Wildman–Crippen LogP) is 3.29. The summed E-state index contributed by atoms with van der Waals surface area (Å²) in [5.74, 6) is -0.813. The molecule has 4 atom stereocenters. The Kier molecular flexibility index (Phi) is 6.30. The van der Waals surface area contributed by atoms with Crippen LogP contribution in [0.25, 0.3) is 6.08 Å². The third kappa shape index (κ3) is 4.06. The number of amides is 2. The van der Waals surface area contributed by atoms with Crippen LogP contribution in [0, 0.1) is 17.8 Å². The molecule has 6 heteroatoms. The Hall–Kier alpha value is -2.44. The lowest BCUT2D eigenvalue weighted by molar-refractivity contribution is -0.138. The highest BCUT2D eigenvalue weighted by Gasteiger charge is 2.55. The van der Waals surface area contributed by atoms with Gasteiger partial charge in [0, 0.05) is 13.0 Å². The Morgan fingerprint density at radius 2 is 1.90 bits per heavy atom. The molecular weight excluding hydrogens is 394 g/mol. The summed E-state index contributed by atoms with van der Waals surface area (Å²) in [7, 11) is 1.56. The second-order valence-corrected chi connectivity index (χ2v) is 8.90. The van der Waals surface area contributed by atoms with Crippen molar-refractivity contribution in [2.24, 2.45) is 17.8 Å². The molecule has 4 rings (SSSR count). The van der Waals surface area contributed by atoms with Crippen molar-refractivity contribution in [1.82, 2.24) is 4.90 Å². The number of hydrogen-bond acceptors (Lipinski definition) is 5. The standard InChI is InChI=1S/C25H31NO5/c1-3-4-15(11-16-5-8-18(28)9-6-16)7-10-21-22-17(13-27)12-19-23(20(22)14-31-21)25(30)26(2)24(19)29/h5-6,8-9,11,19-21,23,27-28H,3-4,7,10,12-14H2,1-2H3/b15-11+/t19-,20+,21-,23-/m1/s1. The number of hydrogen-bond donors (Lipinski definition) is 2. The Morgan fingerprint density at radius 3 is 2.58 bits per heavy atom. The smallest absolute Gasteiger partial charge is 0.233 e. The number of carbonyl (C=O) groups excluding carboxylic acids is 2. The average molecular weight is 426 g/mol. The molecule has 3 aliphatic rings. The summed E-state index contributed by atoms with van der Waals surface area (Å²) >= 11 is 0. The van der Waals surface area contributed by atoms with E-state index in [0.29, 0.717) is 13.0 Å². The van der Waals surface area contributed by atoms with Crippen molar-refractivity contribution in [2.75, 3.05) is 20.3 Å². The van der Waals surface area contributed by atoms with Crippen molar-refractivity contribution in [3.8, 4) is 5.75 Å². The van der Waals surface area contributed by atoms with Crippen LogP contribution in [0.5, 0.6) is 5.75 Å². The number of benzene rings is 1. The quantitative estimate of drug-likeness (QED) is 0.517. The molecule has 2 saturated heterocycles. The fraction of sp³-hybridized carbons (Fsp3) is 0.520. The number of aromatic hydroxyl groups is 1. The Balaban J connectivity index is 1.53. The van der Waals surface area contributed by atoms with Crippen LogP contribution in [0.3, 0.4) is 0 Å². The SMILES string of the molecule is CCC/C(=C\c1ccc(O)cc1)CC[C@H]1OC[C@H]2C1=C(CO)C[C@H]1C(=O)N(C)C(=O)[C@H]12. The summed E-state index contributed by atoms with van der Waals surface area (Å²) in [6.45, 7) is 2.49. The van der Waals surface area contributed by atoms with E-state index in [4.69, 9.17) is 4.74 Å². The molecule has 1 aliphatic carbocycles. The molecule has 2 fully saturated rings. The number of phenolic OH excluding ortho intramolecular Hbond substituents is 1. The summed E-state index contributed by atoms with van der Waals surface area (Å²) in [5.41, 5.74) is 4.30. The maximum atomic E-state index is 12.7. The molecule has 0 radical (unpaired) electrons. The van der Waals surface area contributed by atoms with Crippen LogP contribution in [0.15, 0.2) is 41.0 Å². The lowest BCUT2D eigenvalue weighted by Gasteiger charge is -2.31. The van der Waals surface area contributed by atoms with Gasteiger partial charge in [-0.25, -0.2) is 0 Å². The number of ether oxygens (including phenoxy) is 1. The third-order valence-electron chi connectivity index (χ3n) is 6.98. The van der Waals surface area contributed by atoms with Crippen LogP contribution in [0.2, 0.25) is 0 Å². The third-order valence-corrected chi connectivity index (χ3v) is 6.98. The zero-order valence-electron chi connectivity index (χ0n) is 18.2. The number of phenols is 1. The molecule has 0 aromatic heterocycles. The van der Waals surface area contributed by atoms with Gasteiger partial charge in [-0.05, 0) is 54.5 Å². The molecule has 0 spiro atoms. The summed E-state index contributed by atoms with van der Waals surface area (Å²) in [6, 6.07) is 7.18. The second kappa shape index (κ2) is 8.97. The first kappa shape index (κ1) is 21.8. The molecule has 1 aromatic rings. The predicted molar refractivity (Wildman–Crippen MR) is 117 cm³/mol. The van der Waals surface area contributed by atoms with E-state index in [1.807, 2.05) is 12.1 Å². The van der Waals surface area contributed by atoms with Crippen molar-refractivity contribution in [3.05, 3.63) is 46.5 Å². The van der Waals surface area contributed by atoms with Gasteiger partial charge in [0.2, 0.25) is 11.8 Å². The topological polar surface area (TPSA) is 87.1 Å². The largest absolute Gasteiger partial charge is 0.508 e. The van der Waals surface area contributed by atoms with Gasteiger partial charge >= 0.3 is 0 Å². The van der Waals surface area contributed by atoms with Crippen molar-refractivity contribution < 1.29 is 24.5 Å². The van der Waals surface area contributed by atoms with Crippen molar-refractivity contribution >= 4 is 17.9 Å². The maximum Gasteiger partial charge on any atom is 0.233 e. The minimum atomic E-state index is -0.360. The molecule has 2 aliphatic heterocycles. The van der Waals surface area contributed by atoms with Gasteiger partial charge < -0.3 is 14.9 Å². The number of imide groups is 1. The van der Waals surface area contributed by atoms with E-state index in [9.17, 15) is 19.8 Å². The van der Waals surface area contributed by atoms with E-state index in [2.05, 4.69) is 13.0 Å². The average Bonchev–Trinajstić information content (AvgIpc) is 3.28. The van der Waals surface area contributed by atoms with Crippen LogP contribution >= 0.6 is 0 Å². The van der Waals surface area contributed by atoms with Gasteiger partial charge in [-0.2, -0.15) is 0 Å². The second-order valence-electron chi connectivity index (χ2n) is 8.90. The van der Waals surface area contributed by atoms with Crippen LogP contribution in [0.1, 0.15) is 44.6 Å². The van der Waals surface area contributed by atoms with Crippen LogP contribution < -0.4 is 0 Å². The van der Waals surface area contributed by atoms with Gasteiger partial charge in [-0.15, -0.1) is 0 Å². The van der Waals surface area contributed by atoms with Crippen LogP contribution in [-0.2, 0) is 14.3 Å². The molecule has 2 amide bonds. The summed E-state index contributed by atoms with van der Waals surface area (Å²) in [5, 5.41) is 19.5. The number of rotatable bonds is 7. The van der Waals surface area contributed by atoms with Gasteiger partial charge in [0.15, 0.2) is 0 Å². The molecule has 0 saturated carbocycles. The number of likely N-dealkylation sites (tertiary alicyclic amines) is 1. The summed E-state index contributed by atoms with van der Waals surface area (Å²) in [6.07, 6.45) is 6.15. The number of nitrogens with zero attached hydrogens (tertiary/aromatic N) is 1. The van der Waals surface area contributed by atoms with Gasteiger partial charge in [0.25, 0.3) is 0 Å².